The molecule has 3 aromatic rings. The number of anilines is 1. The SMILES string of the molecule is CCC1(c2ccc(NC(=O)c3ccccc3SCc3nc(C)no3)cc2)CCC(=O)NC1=O. The first-order valence-corrected chi connectivity index (χ1v) is 11.7. The van der Waals surface area contributed by atoms with Gasteiger partial charge in [-0.15, -0.1) is 11.8 Å². The molecule has 1 atom stereocenters. The zero-order valence-corrected chi connectivity index (χ0v) is 19.2. The quantitative estimate of drug-likeness (QED) is 0.401. The second-order valence-corrected chi connectivity index (χ2v) is 8.88. The van der Waals surface area contributed by atoms with Crippen LogP contribution in [0.25, 0.3) is 0 Å². The fourth-order valence-corrected chi connectivity index (χ4v) is 4.84. The number of hydrogen-bond donors (Lipinski definition) is 2. The van der Waals surface area contributed by atoms with Crippen molar-refractivity contribution >= 4 is 35.2 Å². The van der Waals surface area contributed by atoms with E-state index in [0.29, 0.717) is 48.0 Å². The number of carbonyl (C=O) groups excluding carboxylic acids is 3. The van der Waals surface area contributed by atoms with Crippen LogP contribution in [0.3, 0.4) is 0 Å². The van der Waals surface area contributed by atoms with Crippen molar-refractivity contribution < 1.29 is 18.9 Å². The highest BCUT2D eigenvalue weighted by Gasteiger charge is 2.42. The molecule has 0 bridgehead atoms. The van der Waals surface area contributed by atoms with Crippen molar-refractivity contribution in [2.75, 3.05) is 5.32 Å². The first-order valence-electron chi connectivity index (χ1n) is 10.7. The van der Waals surface area contributed by atoms with Gasteiger partial charge in [0.1, 0.15) is 0 Å². The second-order valence-electron chi connectivity index (χ2n) is 7.86. The Bertz CT molecular complexity index is 1190. The normalized spacial score (nSPS) is 18.1. The number of piperidine rings is 1. The average Bonchev–Trinajstić information content (AvgIpc) is 3.24. The van der Waals surface area contributed by atoms with Crippen LogP contribution in [0, 0.1) is 6.92 Å². The predicted octanol–water partition coefficient (Wildman–Crippen LogP) is 4.01. The highest BCUT2D eigenvalue weighted by Crippen LogP contribution is 2.36. The zero-order chi connectivity index (χ0) is 23.4. The fourth-order valence-electron chi connectivity index (χ4n) is 3.96. The molecular formula is C24H24N4O4S. The van der Waals surface area contributed by atoms with Crippen molar-refractivity contribution in [3.05, 3.63) is 71.4 Å². The number of aromatic nitrogens is 2. The standard InChI is InChI=1S/C24H24N4O4S/c1-3-24(13-12-20(29)27-23(24)31)16-8-10-17(11-9-16)26-22(30)18-6-4-5-7-19(18)33-14-21-25-15(2)28-32-21/h4-11H,3,12-14H2,1-2H3,(H,26,30)(H,27,29,31). The van der Waals surface area contributed by atoms with Crippen molar-refractivity contribution in [2.45, 2.75) is 49.2 Å². The molecule has 1 saturated heterocycles. The number of aryl methyl sites for hydroxylation is 1. The van der Waals surface area contributed by atoms with Crippen LogP contribution in [0.5, 0.6) is 0 Å². The number of nitrogens with zero attached hydrogens (tertiary/aromatic N) is 2. The van der Waals surface area contributed by atoms with Gasteiger partial charge in [0.15, 0.2) is 5.82 Å². The molecule has 2 aromatic carbocycles. The molecule has 170 valence electrons. The molecule has 33 heavy (non-hydrogen) atoms. The average molecular weight is 465 g/mol. The summed E-state index contributed by atoms with van der Waals surface area (Å²) in [5.74, 6) is 0.797. The zero-order valence-electron chi connectivity index (χ0n) is 18.4. The van der Waals surface area contributed by atoms with Gasteiger partial charge in [0, 0.05) is 17.0 Å². The number of amides is 3. The highest BCUT2D eigenvalue weighted by molar-refractivity contribution is 7.98. The number of nitrogens with one attached hydrogen (secondary N) is 2. The largest absolute Gasteiger partial charge is 0.338 e. The summed E-state index contributed by atoms with van der Waals surface area (Å²) in [6.45, 7) is 3.70. The highest BCUT2D eigenvalue weighted by atomic mass is 32.2. The summed E-state index contributed by atoms with van der Waals surface area (Å²) in [6.07, 6.45) is 1.38. The minimum absolute atomic E-state index is 0.237. The number of imide groups is 1. The van der Waals surface area contributed by atoms with Crippen LogP contribution in [0.4, 0.5) is 5.69 Å². The fraction of sp³-hybridized carbons (Fsp3) is 0.292. The number of benzene rings is 2. The Balaban J connectivity index is 1.47. The van der Waals surface area contributed by atoms with Crippen molar-refractivity contribution in [3.8, 4) is 0 Å². The lowest BCUT2D eigenvalue weighted by Gasteiger charge is -2.35. The number of carbonyl (C=O) groups is 3. The summed E-state index contributed by atoms with van der Waals surface area (Å²) in [4.78, 5) is 42.1. The first-order chi connectivity index (χ1) is 15.9. The Kier molecular flexibility index (Phi) is 6.60. The molecule has 2 heterocycles. The predicted molar refractivity (Wildman–Crippen MR) is 124 cm³/mol. The molecule has 0 spiro atoms. The second kappa shape index (κ2) is 9.58. The Labute approximate surface area is 195 Å². The molecular weight excluding hydrogens is 440 g/mol. The molecule has 1 aliphatic heterocycles. The summed E-state index contributed by atoms with van der Waals surface area (Å²) in [6, 6.07) is 14.6. The molecule has 0 saturated carbocycles. The van der Waals surface area contributed by atoms with Crippen LogP contribution in [-0.2, 0) is 20.8 Å². The van der Waals surface area contributed by atoms with Crippen LogP contribution in [0.1, 0.15) is 53.8 Å². The van der Waals surface area contributed by atoms with E-state index in [1.165, 1.54) is 11.8 Å². The van der Waals surface area contributed by atoms with Gasteiger partial charge < -0.3 is 9.84 Å². The van der Waals surface area contributed by atoms with Gasteiger partial charge >= 0.3 is 0 Å². The van der Waals surface area contributed by atoms with Crippen molar-refractivity contribution in [2.24, 2.45) is 0 Å². The van der Waals surface area contributed by atoms with Gasteiger partial charge in [-0.1, -0.05) is 36.3 Å². The van der Waals surface area contributed by atoms with E-state index in [9.17, 15) is 14.4 Å². The molecule has 0 aliphatic carbocycles. The van der Waals surface area contributed by atoms with Crippen molar-refractivity contribution in [1.82, 2.24) is 15.5 Å². The number of thioether (sulfide) groups is 1. The van der Waals surface area contributed by atoms with Gasteiger partial charge in [-0.2, -0.15) is 4.98 Å². The monoisotopic (exact) mass is 464 g/mol. The van der Waals surface area contributed by atoms with Gasteiger partial charge in [-0.3, -0.25) is 19.7 Å². The third-order valence-electron chi connectivity index (χ3n) is 5.82. The van der Waals surface area contributed by atoms with E-state index in [2.05, 4.69) is 20.8 Å². The molecule has 9 heteroatoms. The van der Waals surface area contributed by atoms with Crippen molar-refractivity contribution in [1.29, 1.82) is 0 Å². The minimum Gasteiger partial charge on any atom is -0.338 e. The number of rotatable bonds is 7. The van der Waals surface area contributed by atoms with Crippen LogP contribution >= 0.6 is 11.8 Å². The van der Waals surface area contributed by atoms with Gasteiger partial charge in [0.2, 0.25) is 17.7 Å². The van der Waals surface area contributed by atoms with Gasteiger partial charge in [0.25, 0.3) is 5.91 Å². The molecule has 2 N–H and O–H groups in total. The van der Waals surface area contributed by atoms with E-state index in [1.54, 1.807) is 25.1 Å². The smallest absolute Gasteiger partial charge is 0.256 e. The molecule has 3 amide bonds. The van der Waals surface area contributed by atoms with Gasteiger partial charge in [0.05, 0.1) is 16.7 Å². The molecule has 1 unspecified atom stereocenters. The third kappa shape index (κ3) is 4.83. The van der Waals surface area contributed by atoms with E-state index in [1.807, 2.05) is 37.3 Å². The minimum atomic E-state index is -0.729. The molecule has 1 aromatic heterocycles. The molecule has 1 aliphatic rings. The maximum Gasteiger partial charge on any atom is 0.256 e. The summed E-state index contributed by atoms with van der Waals surface area (Å²) in [5, 5.41) is 9.16. The maximum atomic E-state index is 13.0. The van der Waals surface area contributed by atoms with E-state index < -0.39 is 5.41 Å². The van der Waals surface area contributed by atoms with Gasteiger partial charge in [-0.25, -0.2) is 0 Å². The van der Waals surface area contributed by atoms with Crippen LogP contribution in [-0.4, -0.2) is 27.9 Å². The summed E-state index contributed by atoms with van der Waals surface area (Å²) >= 11 is 1.45. The topological polar surface area (TPSA) is 114 Å². The molecule has 0 radical (unpaired) electrons. The van der Waals surface area contributed by atoms with E-state index >= 15 is 0 Å². The lowest BCUT2D eigenvalue weighted by Crippen LogP contribution is -2.51. The summed E-state index contributed by atoms with van der Waals surface area (Å²) < 4.78 is 5.14. The Morgan fingerprint density at radius 3 is 2.61 bits per heavy atom. The van der Waals surface area contributed by atoms with Crippen LogP contribution < -0.4 is 10.6 Å². The van der Waals surface area contributed by atoms with Crippen LogP contribution in [0.15, 0.2) is 57.9 Å². The third-order valence-corrected chi connectivity index (χ3v) is 6.88. The summed E-state index contributed by atoms with van der Waals surface area (Å²) in [5.41, 5.74) is 1.26. The molecule has 8 nitrogen and oxygen atoms in total. The number of hydrogen-bond acceptors (Lipinski definition) is 7. The van der Waals surface area contributed by atoms with E-state index in [0.717, 1.165) is 10.5 Å². The van der Waals surface area contributed by atoms with E-state index in [-0.39, 0.29) is 17.7 Å². The van der Waals surface area contributed by atoms with Gasteiger partial charge in [-0.05, 0) is 49.6 Å². The Hall–Kier alpha value is -3.46. The van der Waals surface area contributed by atoms with Crippen molar-refractivity contribution in [3.63, 3.8) is 0 Å². The van der Waals surface area contributed by atoms with E-state index in [4.69, 9.17) is 4.52 Å². The Morgan fingerprint density at radius 2 is 1.94 bits per heavy atom. The lowest BCUT2D eigenvalue weighted by atomic mass is 9.72. The molecule has 4 rings (SSSR count). The van der Waals surface area contributed by atoms with Crippen LogP contribution in [0.2, 0.25) is 0 Å². The summed E-state index contributed by atoms with van der Waals surface area (Å²) in [7, 11) is 0. The first kappa shape index (κ1) is 22.7. The lowest BCUT2D eigenvalue weighted by molar-refractivity contribution is -0.138. The molecule has 1 fully saturated rings. The Morgan fingerprint density at radius 1 is 1.18 bits per heavy atom. The maximum absolute atomic E-state index is 13.0.